The van der Waals surface area contributed by atoms with Crippen molar-refractivity contribution in [2.75, 3.05) is 23.9 Å². The lowest BCUT2D eigenvalue weighted by molar-refractivity contribution is -0.125. The van der Waals surface area contributed by atoms with E-state index in [-0.39, 0.29) is 18.4 Å². The molecule has 0 fully saturated rings. The van der Waals surface area contributed by atoms with Crippen molar-refractivity contribution in [1.82, 2.24) is 10.6 Å². The smallest absolute Gasteiger partial charge is 0.253 e. The van der Waals surface area contributed by atoms with Crippen LogP contribution in [0.2, 0.25) is 5.02 Å². The second-order valence-electron chi connectivity index (χ2n) is 6.06. The second-order valence-corrected chi connectivity index (χ2v) is 8.34. The number of carbonyl (C=O) groups is 3. The minimum absolute atomic E-state index is 0.206. The maximum atomic E-state index is 12.6. The molecule has 0 bridgehead atoms. The van der Waals surface area contributed by atoms with Crippen LogP contribution in [0.3, 0.4) is 0 Å². The first-order valence-corrected chi connectivity index (χ1v) is 11.3. The predicted molar refractivity (Wildman–Crippen MR) is 121 cm³/mol. The molecule has 0 heterocycles. The lowest BCUT2D eigenvalue weighted by atomic mass is 10.1. The van der Waals surface area contributed by atoms with E-state index in [0.29, 0.717) is 32.9 Å². The van der Waals surface area contributed by atoms with Gasteiger partial charge in [0.1, 0.15) is 6.04 Å². The maximum Gasteiger partial charge on any atom is 0.253 e. The molecule has 0 radical (unpaired) electrons. The highest BCUT2D eigenvalue weighted by Gasteiger charge is 2.22. The van der Waals surface area contributed by atoms with Crippen LogP contribution in [0.5, 0.6) is 0 Å². The van der Waals surface area contributed by atoms with Crippen LogP contribution in [0.1, 0.15) is 16.8 Å². The predicted octanol–water partition coefficient (Wildman–Crippen LogP) is 3.71. The van der Waals surface area contributed by atoms with Crippen LogP contribution in [0.4, 0.5) is 5.69 Å². The Morgan fingerprint density at radius 2 is 1.79 bits per heavy atom. The van der Waals surface area contributed by atoms with E-state index in [1.165, 1.54) is 0 Å². The number of carbonyl (C=O) groups excluding carboxylic acids is 3. The van der Waals surface area contributed by atoms with E-state index in [2.05, 4.69) is 31.9 Å². The van der Waals surface area contributed by atoms with Crippen LogP contribution in [0.25, 0.3) is 0 Å². The van der Waals surface area contributed by atoms with Crippen molar-refractivity contribution in [1.29, 1.82) is 0 Å². The summed E-state index contributed by atoms with van der Waals surface area (Å²) in [7, 11) is 0. The quantitative estimate of drug-likeness (QED) is 0.492. The van der Waals surface area contributed by atoms with E-state index in [4.69, 9.17) is 11.6 Å². The minimum atomic E-state index is -0.745. The Hall–Kier alpha value is -2.03. The molecule has 29 heavy (non-hydrogen) atoms. The monoisotopic (exact) mass is 497 g/mol. The molecule has 0 saturated carbocycles. The third kappa shape index (κ3) is 7.72. The first-order chi connectivity index (χ1) is 13.9. The fraction of sp³-hybridized carbons (Fsp3) is 0.250. The van der Waals surface area contributed by atoms with E-state index < -0.39 is 11.9 Å². The van der Waals surface area contributed by atoms with Crippen LogP contribution in [0, 0.1) is 0 Å². The third-order valence-electron chi connectivity index (χ3n) is 3.90. The van der Waals surface area contributed by atoms with Crippen molar-refractivity contribution in [2.24, 2.45) is 0 Å². The Balaban J connectivity index is 1.93. The molecule has 2 aromatic rings. The Bertz CT molecular complexity index is 864. The molecule has 0 saturated heterocycles. The van der Waals surface area contributed by atoms with Gasteiger partial charge in [0, 0.05) is 15.2 Å². The molecule has 0 aliphatic carbocycles. The van der Waals surface area contributed by atoms with Crippen molar-refractivity contribution in [3.63, 3.8) is 0 Å². The standard InChI is InChI=1S/C20H21BrClN3O3S/c1-29-11-10-17(25-19(27)15-4-2-3-5-16(15)21)20(28)23-12-18(26)24-14-8-6-13(22)7-9-14/h2-9,17H,10-12H2,1H3,(H,23,28)(H,24,26)(H,25,27). The lowest BCUT2D eigenvalue weighted by Crippen LogP contribution is -2.48. The summed E-state index contributed by atoms with van der Waals surface area (Å²) < 4.78 is 0.642. The number of nitrogens with one attached hydrogen (secondary N) is 3. The Labute approximate surface area is 187 Å². The topological polar surface area (TPSA) is 87.3 Å². The van der Waals surface area contributed by atoms with Gasteiger partial charge < -0.3 is 16.0 Å². The van der Waals surface area contributed by atoms with Gasteiger partial charge in [0.25, 0.3) is 5.91 Å². The Kier molecular flexibility index (Phi) is 9.50. The highest BCUT2D eigenvalue weighted by atomic mass is 79.9. The van der Waals surface area contributed by atoms with Crippen LogP contribution >= 0.6 is 39.3 Å². The van der Waals surface area contributed by atoms with Crippen molar-refractivity contribution in [3.8, 4) is 0 Å². The van der Waals surface area contributed by atoms with E-state index >= 15 is 0 Å². The van der Waals surface area contributed by atoms with Crippen LogP contribution in [-0.4, -0.2) is 42.3 Å². The molecule has 0 aromatic heterocycles. The van der Waals surface area contributed by atoms with Crippen molar-refractivity contribution >= 4 is 62.7 Å². The minimum Gasteiger partial charge on any atom is -0.345 e. The van der Waals surface area contributed by atoms with E-state index in [1.54, 1.807) is 60.3 Å². The number of amides is 3. The molecule has 2 rings (SSSR count). The zero-order valence-electron chi connectivity index (χ0n) is 15.7. The number of hydrogen-bond acceptors (Lipinski definition) is 4. The molecule has 1 atom stereocenters. The zero-order valence-corrected chi connectivity index (χ0v) is 18.9. The molecule has 1 unspecified atom stereocenters. The summed E-state index contributed by atoms with van der Waals surface area (Å²) in [4.78, 5) is 37.2. The van der Waals surface area contributed by atoms with E-state index in [0.717, 1.165) is 0 Å². The molecule has 9 heteroatoms. The third-order valence-corrected chi connectivity index (χ3v) is 5.49. The van der Waals surface area contributed by atoms with E-state index in [1.807, 2.05) is 6.26 Å². The highest BCUT2D eigenvalue weighted by Crippen LogP contribution is 2.16. The number of thioether (sulfide) groups is 1. The molecule has 154 valence electrons. The molecule has 2 aromatic carbocycles. The number of halogens is 2. The molecule has 0 spiro atoms. The summed E-state index contributed by atoms with van der Waals surface area (Å²) >= 11 is 10.7. The van der Waals surface area contributed by atoms with Crippen LogP contribution in [0.15, 0.2) is 53.0 Å². The maximum absolute atomic E-state index is 12.6. The SMILES string of the molecule is CSCCC(NC(=O)c1ccccc1Br)C(=O)NCC(=O)Nc1ccc(Cl)cc1. The first-order valence-electron chi connectivity index (χ1n) is 8.78. The fourth-order valence-corrected chi connectivity index (χ4v) is 3.48. The summed E-state index contributed by atoms with van der Waals surface area (Å²) in [5.74, 6) is -0.456. The van der Waals surface area contributed by atoms with Crippen LogP contribution < -0.4 is 16.0 Å². The number of rotatable bonds is 9. The van der Waals surface area contributed by atoms with Crippen molar-refractivity contribution in [3.05, 3.63) is 63.6 Å². The summed E-state index contributed by atoms with van der Waals surface area (Å²) in [6.45, 7) is -0.206. The van der Waals surface area contributed by atoms with Gasteiger partial charge in [-0.1, -0.05) is 23.7 Å². The van der Waals surface area contributed by atoms with Gasteiger partial charge in [-0.3, -0.25) is 14.4 Å². The van der Waals surface area contributed by atoms with Gasteiger partial charge in [0.2, 0.25) is 11.8 Å². The Morgan fingerprint density at radius 1 is 1.10 bits per heavy atom. The largest absolute Gasteiger partial charge is 0.345 e. The van der Waals surface area contributed by atoms with Crippen LogP contribution in [-0.2, 0) is 9.59 Å². The number of anilines is 1. The average molecular weight is 499 g/mol. The molecule has 3 N–H and O–H groups in total. The molecule has 0 aliphatic rings. The lowest BCUT2D eigenvalue weighted by Gasteiger charge is -2.18. The fourth-order valence-electron chi connectivity index (χ4n) is 2.41. The molecule has 0 aliphatic heterocycles. The molecule has 3 amide bonds. The van der Waals surface area contributed by atoms with Gasteiger partial charge in [-0.2, -0.15) is 11.8 Å². The molecule has 6 nitrogen and oxygen atoms in total. The van der Waals surface area contributed by atoms with Gasteiger partial charge in [-0.15, -0.1) is 0 Å². The number of hydrogen-bond donors (Lipinski definition) is 3. The van der Waals surface area contributed by atoms with Gasteiger partial charge in [-0.05, 0) is 70.8 Å². The van der Waals surface area contributed by atoms with Gasteiger partial charge in [-0.25, -0.2) is 0 Å². The summed E-state index contributed by atoms with van der Waals surface area (Å²) in [6, 6.07) is 12.9. The van der Waals surface area contributed by atoms with Crippen molar-refractivity contribution < 1.29 is 14.4 Å². The summed E-state index contributed by atoms with van der Waals surface area (Å²) in [5.41, 5.74) is 1.02. The first kappa shape index (κ1) is 23.3. The zero-order chi connectivity index (χ0) is 21.2. The second kappa shape index (κ2) is 11.8. The number of benzene rings is 2. The molecular weight excluding hydrogens is 478 g/mol. The van der Waals surface area contributed by atoms with Gasteiger partial charge in [0.05, 0.1) is 12.1 Å². The van der Waals surface area contributed by atoms with Gasteiger partial charge >= 0.3 is 0 Å². The summed E-state index contributed by atoms with van der Waals surface area (Å²) in [5, 5.41) is 8.56. The normalized spacial score (nSPS) is 11.4. The average Bonchev–Trinajstić information content (AvgIpc) is 2.71. The van der Waals surface area contributed by atoms with Gasteiger partial charge in [0.15, 0.2) is 0 Å². The summed E-state index contributed by atoms with van der Waals surface area (Å²) in [6.07, 6.45) is 2.37. The van der Waals surface area contributed by atoms with E-state index in [9.17, 15) is 14.4 Å². The Morgan fingerprint density at radius 3 is 2.45 bits per heavy atom. The van der Waals surface area contributed by atoms with Crippen molar-refractivity contribution in [2.45, 2.75) is 12.5 Å². The molecular formula is C20H21BrClN3O3S. The highest BCUT2D eigenvalue weighted by molar-refractivity contribution is 9.10.